The number of aliphatic hydroxyl groups excluding tert-OH is 1. The van der Waals surface area contributed by atoms with Crippen molar-refractivity contribution in [3.8, 4) is 11.1 Å². The van der Waals surface area contributed by atoms with E-state index in [-0.39, 0.29) is 24.8 Å². The highest BCUT2D eigenvalue weighted by Crippen LogP contribution is 2.39. The smallest absolute Gasteiger partial charge is 0.315 e. The molecule has 1 heterocycles. The third-order valence-electron chi connectivity index (χ3n) is 9.45. The molecule has 0 bridgehead atoms. The molecule has 2 amide bonds. The topological polar surface area (TPSA) is 83.1 Å². The maximum atomic E-state index is 12.4. The highest BCUT2D eigenvalue weighted by molar-refractivity contribution is 5.74. The molecule has 250 valence electrons. The van der Waals surface area contributed by atoms with Crippen LogP contribution in [-0.4, -0.2) is 41.3 Å². The molecule has 4 aromatic carbocycles. The van der Waals surface area contributed by atoms with E-state index >= 15 is 0 Å². The first-order valence-corrected chi connectivity index (χ1v) is 17.2. The fourth-order valence-electron chi connectivity index (χ4n) is 6.82. The first-order chi connectivity index (χ1) is 23.6. The Morgan fingerprint density at radius 1 is 0.792 bits per heavy atom. The lowest BCUT2D eigenvalue weighted by Gasteiger charge is -2.39. The average Bonchev–Trinajstić information content (AvgIpc) is 3.69. The summed E-state index contributed by atoms with van der Waals surface area (Å²) in [6.07, 6.45) is 7.17. The molecular weight excluding hydrogens is 598 g/mol. The van der Waals surface area contributed by atoms with E-state index in [0.717, 1.165) is 58.5 Å². The van der Waals surface area contributed by atoms with Gasteiger partial charge in [0.15, 0.2) is 6.29 Å². The summed E-state index contributed by atoms with van der Waals surface area (Å²) in [7, 11) is 0. The Kier molecular flexibility index (Phi) is 11.7. The summed E-state index contributed by atoms with van der Waals surface area (Å²) in [6, 6.07) is 34.9. The number of carbonyl (C=O) groups is 1. The van der Waals surface area contributed by atoms with Gasteiger partial charge in [0.05, 0.1) is 18.8 Å². The number of hydrogen-bond donors (Lipinski definition) is 3. The minimum atomic E-state index is -0.501. The van der Waals surface area contributed by atoms with Gasteiger partial charge >= 0.3 is 6.03 Å². The molecule has 6 rings (SSSR count). The van der Waals surface area contributed by atoms with Gasteiger partial charge in [0.1, 0.15) is 0 Å². The number of carbonyl (C=O) groups excluding carboxylic acids is 1. The van der Waals surface area contributed by atoms with Gasteiger partial charge in [0, 0.05) is 44.2 Å². The van der Waals surface area contributed by atoms with Crippen LogP contribution >= 0.6 is 0 Å². The molecule has 1 aliphatic carbocycles. The van der Waals surface area contributed by atoms with Gasteiger partial charge in [-0.3, -0.25) is 4.90 Å². The van der Waals surface area contributed by atoms with E-state index in [4.69, 9.17) is 9.47 Å². The summed E-state index contributed by atoms with van der Waals surface area (Å²) < 4.78 is 13.3. The number of benzene rings is 4. The first-order valence-electron chi connectivity index (χ1n) is 17.2. The quantitative estimate of drug-likeness (QED) is 0.129. The van der Waals surface area contributed by atoms with Gasteiger partial charge in [-0.25, -0.2) is 4.79 Å². The number of aliphatic hydroxyl groups is 1. The van der Waals surface area contributed by atoms with Crippen LogP contribution in [0, 0.1) is 0 Å². The monoisotopic (exact) mass is 645 g/mol. The zero-order chi connectivity index (χ0) is 33.1. The second kappa shape index (κ2) is 16.7. The van der Waals surface area contributed by atoms with Crippen LogP contribution < -0.4 is 10.6 Å². The molecule has 0 aromatic heterocycles. The highest BCUT2D eigenvalue weighted by Gasteiger charge is 2.34. The molecule has 1 saturated carbocycles. The number of amides is 2. The molecule has 1 saturated heterocycles. The summed E-state index contributed by atoms with van der Waals surface area (Å²) in [6.45, 7) is 6.66. The van der Waals surface area contributed by atoms with E-state index in [1.165, 1.54) is 25.7 Å². The molecule has 7 nitrogen and oxygen atoms in total. The van der Waals surface area contributed by atoms with Crippen LogP contribution in [0.5, 0.6) is 0 Å². The van der Waals surface area contributed by atoms with Crippen molar-refractivity contribution < 1.29 is 19.4 Å². The molecule has 1 aliphatic heterocycles. The van der Waals surface area contributed by atoms with Crippen molar-refractivity contribution >= 4 is 6.03 Å². The van der Waals surface area contributed by atoms with Crippen molar-refractivity contribution in [3.63, 3.8) is 0 Å². The lowest BCUT2D eigenvalue weighted by atomic mass is 9.98. The third kappa shape index (κ3) is 8.99. The first kappa shape index (κ1) is 33.6. The second-order valence-electron chi connectivity index (χ2n) is 12.9. The van der Waals surface area contributed by atoms with Crippen molar-refractivity contribution in [3.05, 3.63) is 144 Å². The van der Waals surface area contributed by atoms with E-state index in [1.807, 2.05) is 60.7 Å². The summed E-state index contributed by atoms with van der Waals surface area (Å²) in [5.74, 6) is 0. The van der Waals surface area contributed by atoms with Gasteiger partial charge in [-0.15, -0.1) is 6.58 Å². The van der Waals surface area contributed by atoms with E-state index < -0.39 is 6.29 Å². The minimum absolute atomic E-state index is 0.000527. The zero-order valence-corrected chi connectivity index (χ0v) is 27.6. The number of ether oxygens (including phenoxy) is 2. The van der Waals surface area contributed by atoms with Gasteiger partial charge in [-0.2, -0.15) is 0 Å². The number of urea groups is 1. The molecular formula is C41H47N3O4. The van der Waals surface area contributed by atoms with E-state index in [1.54, 1.807) is 0 Å². The third-order valence-corrected chi connectivity index (χ3v) is 9.45. The molecule has 0 spiro atoms. The summed E-state index contributed by atoms with van der Waals surface area (Å²) in [5, 5.41) is 15.4. The van der Waals surface area contributed by atoms with Crippen LogP contribution in [0.1, 0.15) is 72.3 Å². The number of nitrogens with zero attached hydrogens (tertiary/aromatic N) is 1. The average molecular weight is 646 g/mol. The van der Waals surface area contributed by atoms with Crippen LogP contribution in [-0.2, 0) is 29.2 Å². The Morgan fingerprint density at radius 3 is 2.19 bits per heavy atom. The summed E-state index contributed by atoms with van der Waals surface area (Å²) >= 11 is 0. The van der Waals surface area contributed by atoms with E-state index in [2.05, 4.69) is 70.6 Å². The Hall–Kier alpha value is -4.27. The minimum Gasteiger partial charge on any atom is -0.392 e. The summed E-state index contributed by atoms with van der Waals surface area (Å²) in [4.78, 5) is 14.9. The van der Waals surface area contributed by atoms with Gasteiger partial charge in [0.2, 0.25) is 0 Å². The predicted octanol–water partition coefficient (Wildman–Crippen LogP) is 7.82. The number of hydrogen-bond acceptors (Lipinski definition) is 5. The van der Waals surface area contributed by atoms with Crippen molar-refractivity contribution in [2.24, 2.45) is 0 Å². The molecule has 3 atom stereocenters. The normalized spacial score (nSPS) is 19.7. The molecule has 2 aliphatic rings. The Morgan fingerprint density at radius 2 is 1.48 bits per heavy atom. The van der Waals surface area contributed by atoms with Crippen molar-refractivity contribution in [1.29, 1.82) is 0 Å². The molecule has 0 unspecified atom stereocenters. The fraction of sp³-hybridized carbons (Fsp3) is 0.341. The predicted molar refractivity (Wildman–Crippen MR) is 190 cm³/mol. The maximum Gasteiger partial charge on any atom is 0.315 e. The van der Waals surface area contributed by atoms with Crippen molar-refractivity contribution in [2.45, 2.75) is 76.3 Å². The molecule has 3 N–H and O–H groups in total. The molecule has 2 fully saturated rings. The van der Waals surface area contributed by atoms with Crippen LogP contribution in [0.2, 0.25) is 0 Å². The lowest BCUT2D eigenvalue weighted by molar-refractivity contribution is -0.253. The van der Waals surface area contributed by atoms with Crippen LogP contribution in [0.4, 0.5) is 4.79 Å². The Balaban J connectivity index is 1.13. The summed E-state index contributed by atoms with van der Waals surface area (Å²) in [5.41, 5.74) is 7.20. The SMILES string of the molecule is C=CCN(C[C@@H]1C[C@H](c2ccc(CO)cc2)O[C@H](c2ccc(-c3cccc(CNC(=O)NCc4ccccc4)c3)cc2)O1)C1CCCC1. The van der Waals surface area contributed by atoms with Gasteiger partial charge in [-0.1, -0.05) is 116 Å². The lowest BCUT2D eigenvalue weighted by Crippen LogP contribution is -2.43. The maximum absolute atomic E-state index is 12.4. The van der Waals surface area contributed by atoms with Gasteiger partial charge in [0.25, 0.3) is 0 Å². The van der Waals surface area contributed by atoms with Crippen LogP contribution in [0.25, 0.3) is 11.1 Å². The Labute approximate surface area is 284 Å². The fourth-order valence-corrected chi connectivity index (χ4v) is 6.82. The van der Waals surface area contributed by atoms with Crippen molar-refractivity contribution in [2.75, 3.05) is 13.1 Å². The standard InChI is InChI=1S/C41H47N3O4/c1-2-23-44(37-13-6-7-14-37)28-38-25-39(34-17-15-31(29-45)16-18-34)48-40(47-38)35-21-19-33(20-22-35)36-12-8-11-32(24-36)27-43-41(46)42-26-30-9-4-3-5-10-30/h2-5,8-12,15-22,24,37-40,45H,1,6-7,13-14,23,25-29H2,(H2,42,43,46)/t38-,39+,40+/m0/s1. The second-order valence-corrected chi connectivity index (χ2v) is 12.9. The molecule has 4 aromatic rings. The van der Waals surface area contributed by atoms with E-state index in [9.17, 15) is 9.90 Å². The van der Waals surface area contributed by atoms with Crippen LogP contribution in [0.3, 0.4) is 0 Å². The van der Waals surface area contributed by atoms with E-state index in [0.29, 0.717) is 19.1 Å². The van der Waals surface area contributed by atoms with Gasteiger partial charge < -0.3 is 25.2 Å². The van der Waals surface area contributed by atoms with Gasteiger partial charge in [-0.05, 0) is 52.3 Å². The van der Waals surface area contributed by atoms with Crippen molar-refractivity contribution in [1.82, 2.24) is 15.5 Å². The largest absolute Gasteiger partial charge is 0.392 e. The highest BCUT2D eigenvalue weighted by atomic mass is 16.7. The van der Waals surface area contributed by atoms with Crippen LogP contribution in [0.15, 0.2) is 116 Å². The number of rotatable bonds is 13. The molecule has 0 radical (unpaired) electrons. The molecule has 48 heavy (non-hydrogen) atoms. The number of nitrogens with one attached hydrogen (secondary N) is 2. The zero-order valence-electron chi connectivity index (χ0n) is 27.6. The Bertz CT molecular complexity index is 1600. The molecule has 7 heteroatoms.